The Kier molecular flexibility index (Phi) is 6.74. The third-order valence-electron chi connectivity index (χ3n) is 5.65. The molecular formula is C23H21BrFN5O5. The molecule has 35 heavy (non-hydrogen) atoms. The first-order chi connectivity index (χ1) is 16.7. The minimum Gasteiger partial charge on any atom is -0.465 e. The molecular weight excluding hydrogens is 525 g/mol. The maximum atomic E-state index is 14.3. The molecule has 3 aromatic rings. The van der Waals surface area contributed by atoms with E-state index in [0.29, 0.717) is 26.8 Å². The number of carbonyl (C=O) groups excluding carboxylic acids is 4. The Morgan fingerprint density at radius 1 is 1.14 bits per heavy atom. The number of urea groups is 1. The van der Waals surface area contributed by atoms with Gasteiger partial charge in [0.1, 0.15) is 12.2 Å². The molecule has 2 heterocycles. The number of benzene rings is 2. The number of ether oxygens (including phenoxy) is 1. The van der Waals surface area contributed by atoms with Crippen LogP contribution in [0.3, 0.4) is 0 Å². The molecule has 2 atom stereocenters. The molecule has 182 valence electrons. The van der Waals surface area contributed by atoms with Gasteiger partial charge in [-0.3, -0.25) is 9.36 Å². The van der Waals surface area contributed by atoms with Crippen LogP contribution in [0.25, 0.3) is 10.9 Å². The number of halogens is 2. The van der Waals surface area contributed by atoms with Crippen LogP contribution in [0.5, 0.6) is 0 Å². The summed E-state index contributed by atoms with van der Waals surface area (Å²) in [6.07, 6.45) is -0.190. The van der Waals surface area contributed by atoms with Gasteiger partial charge in [0.2, 0.25) is 5.91 Å². The second-order valence-corrected chi connectivity index (χ2v) is 8.73. The first-order valence-electron chi connectivity index (χ1n) is 10.5. The van der Waals surface area contributed by atoms with Crippen LogP contribution in [0.15, 0.2) is 53.1 Å². The van der Waals surface area contributed by atoms with Gasteiger partial charge in [-0.05, 0) is 40.2 Å². The standard InChI is InChI=1S/C23H21BrFN5O5/c1-35-21(32)14-7-6-13(9-16(14)24)27-20(31)19-8-12(25)10-30(19)23(34)28-17-11-29(22(26)33)18-5-3-2-4-15(17)18/h2-7,9,11-12,19H,8,10H2,1H3,(H2,26,33)(H,27,31)(H,28,34)/t12-,19+/m1/s1. The van der Waals surface area contributed by atoms with E-state index in [1.54, 1.807) is 24.3 Å². The summed E-state index contributed by atoms with van der Waals surface area (Å²) in [5.41, 5.74) is 6.83. The highest BCUT2D eigenvalue weighted by molar-refractivity contribution is 9.10. The first kappa shape index (κ1) is 24.2. The maximum absolute atomic E-state index is 14.3. The SMILES string of the molecule is COC(=O)c1ccc(NC(=O)[C@@H]2C[C@@H](F)CN2C(=O)Nc2cn(C(N)=O)c3ccccc23)cc1Br. The van der Waals surface area contributed by atoms with Gasteiger partial charge in [-0.2, -0.15) is 0 Å². The summed E-state index contributed by atoms with van der Waals surface area (Å²) in [7, 11) is 1.25. The number of esters is 1. The van der Waals surface area contributed by atoms with E-state index in [1.807, 2.05) is 0 Å². The zero-order valence-electron chi connectivity index (χ0n) is 18.5. The van der Waals surface area contributed by atoms with Gasteiger partial charge in [-0.15, -0.1) is 0 Å². The summed E-state index contributed by atoms with van der Waals surface area (Å²) in [4.78, 5) is 50.6. The summed E-state index contributed by atoms with van der Waals surface area (Å²) >= 11 is 3.25. The molecule has 12 heteroatoms. The van der Waals surface area contributed by atoms with Crippen molar-refractivity contribution in [3.05, 3.63) is 58.7 Å². The lowest BCUT2D eigenvalue weighted by molar-refractivity contribution is -0.119. The molecule has 0 saturated carbocycles. The number of alkyl halides is 1. The van der Waals surface area contributed by atoms with Crippen LogP contribution in [-0.4, -0.2) is 59.3 Å². The number of nitrogens with two attached hydrogens (primary N) is 1. The second-order valence-electron chi connectivity index (χ2n) is 7.87. The lowest BCUT2D eigenvalue weighted by Gasteiger charge is -2.24. The van der Waals surface area contributed by atoms with Gasteiger partial charge < -0.3 is 26.0 Å². The van der Waals surface area contributed by atoms with Gasteiger partial charge in [0.15, 0.2) is 0 Å². The summed E-state index contributed by atoms with van der Waals surface area (Å²) in [6, 6.07) is 8.80. The van der Waals surface area contributed by atoms with Gasteiger partial charge in [0, 0.05) is 28.2 Å². The largest absolute Gasteiger partial charge is 0.465 e. The molecule has 0 unspecified atom stereocenters. The molecule has 2 aromatic carbocycles. The number of para-hydroxylation sites is 1. The number of hydrogen-bond acceptors (Lipinski definition) is 5. The summed E-state index contributed by atoms with van der Waals surface area (Å²) in [6.45, 7) is -0.274. The topological polar surface area (TPSA) is 136 Å². The van der Waals surface area contributed by atoms with E-state index < -0.39 is 36.2 Å². The highest BCUT2D eigenvalue weighted by Gasteiger charge is 2.40. The molecule has 1 fully saturated rings. The quantitative estimate of drug-likeness (QED) is 0.429. The number of nitrogens with zero attached hydrogens (tertiary/aromatic N) is 2. The number of likely N-dealkylation sites (tertiary alicyclic amines) is 1. The molecule has 1 saturated heterocycles. The van der Waals surface area contributed by atoms with Gasteiger partial charge in [0.05, 0.1) is 30.4 Å². The first-order valence-corrected chi connectivity index (χ1v) is 11.3. The fraction of sp³-hybridized carbons (Fsp3) is 0.217. The Morgan fingerprint density at radius 3 is 2.57 bits per heavy atom. The van der Waals surface area contributed by atoms with E-state index in [2.05, 4.69) is 31.3 Å². The predicted octanol–water partition coefficient (Wildman–Crippen LogP) is 3.70. The van der Waals surface area contributed by atoms with Crippen molar-refractivity contribution >= 4 is 62.1 Å². The lowest BCUT2D eigenvalue weighted by atomic mass is 10.1. The highest BCUT2D eigenvalue weighted by Crippen LogP contribution is 2.29. The van der Waals surface area contributed by atoms with Crippen LogP contribution < -0.4 is 16.4 Å². The number of primary amides is 1. The third-order valence-corrected chi connectivity index (χ3v) is 6.30. The molecule has 10 nitrogen and oxygen atoms in total. The molecule has 1 aliphatic heterocycles. The molecule has 1 aromatic heterocycles. The number of aromatic nitrogens is 1. The van der Waals surface area contributed by atoms with Crippen molar-refractivity contribution in [2.45, 2.75) is 18.6 Å². The van der Waals surface area contributed by atoms with Crippen molar-refractivity contribution in [3.63, 3.8) is 0 Å². The van der Waals surface area contributed by atoms with Crippen LogP contribution in [0, 0.1) is 0 Å². The fourth-order valence-corrected chi connectivity index (χ4v) is 4.54. The Labute approximate surface area is 207 Å². The van der Waals surface area contributed by atoms with E-state index in [1.165, 1.54) is 36.1 Å². The van der Waals surface area contributed by atoms with Crippen LogP contribution in [0.2, 0.25) is 0 Å². The molecule has 4 amide bonds. The maximum Gasteiger partial charge on any atom is 0.339 e. The third kappa shape index (κ3) is 4.83. The Morgan fingerprint density at radius 2 is 1.89 bits per heavy atom. The Balaban J connectivity index is 1.52. The molecule has 0 radical (unpaired) electrons. The monoisotopic (exact) mass is 545 g/mol. The van der Waals surface area contributed by atoms with Crippen molar-refractivity contribution in [1.29, 1.82) is 0 Å². The minimum atomic E-state index is -1.39. The fourth-order valence-electron chi connectivity index (χ4n) is 4.00. The van der Waals surface area contributed by atoms with E-state index in [0.717, 1.165) is 4.90 Å². The van der Waals surface area contributed by atoms with Crippen molar-refractivity contribution in [2.24, 2.45) is 5.73 Å². The number of anilines is 2. The normalized spacial score (nSPS) is 17.3. The second kappa shape index (κ2) is 9.74. The smallest absolute Gasteiger partial charge is 0.339 e. The zero-order valence-corrected chi connectivity index (χ0v) is 20.0. The molecule has 0 spiro atoms. The summed E-state index contributed by atoms with van der Waals surface area (Å²) < 4.78 is 20.6. The number of fused-ring (bicyclic) bond motifs is 1. The molecule has 4 rings (SSSR count). The predicted molar refractivity (Wildman–Crippen MR) is 130 cm³/mol. The average Bonchev–Trinajstić information content (AvgIpc) is 3.40. The van der Waals surface area contributed by atoms with Crippen LogP contribution in [-0.2, 0) is 9.53 Å². The van der Waals surface area contributed by atoms with Gasteiger partial charge in [0.25, 0.3) is 0 Å². The van der Waals surface area contributed by atoms with Gasteiger partial charge in [-0.25, -0.2) is 18.8 Å². The molecule has 4 N–H and O–H groups in total. The van der Waals surface area contributed by atoms with E-state index in [-0.39, 0.29) is 18.5 Å². The Bertz CT molecular complexity index is 1340. The molecule has 0 bridgehead atoms. The van der Waals surface area contributed by atoms with E-state index >= 15 is 0 Å². The number of methoxy groups -OCH3 is 1. The van der Waals surface area contributed by atoms with Crippen molar-refractivity contribution < 1.29 is 28.3 Å². The highest BCUT2D eigenvalue weighted by atomic mass is 79.9. The molecule has 0 aliphatic carbocycles. The van der Waals surface area contributed by atoms with Crippen molar-refractivity contribution in [3.8, 4) is 0 Å². The van der Waals surface area contributed by atoms with Crippen LogP contribution in [0.4, 0.5) is 25.4 Å². The summed E-state index contributed by atoms with van der Waals surface area (Å²) in [5.74, 6) is -1.14. The van der Waals surface area contributed by atoms with Gasteiger partial charge in [-0.1, -0.05) is 18.2 Å². The number of rotatable bonds is 4. The van der Waals surface area contributed by atoms with Crippen molar-refractivity contribution in [2.75, 3.05) is 24.3 Å². The number of carbonyl (C=O) groups is 4. The molecule has 1 aliphatic rings. The average molecular weight is 546 g/mol. The van der Waals surface area contributed by atoms with Crippen LogP contribution in [0.1, 0.15) is 16.8 Å². The lowest BCUT2D eigenvalue weighted by Crippen LogP contribution is -2.45. The zero-order chi connectivity index (χ0) is 25.3. The Hall–Kier alpha value is -3.93. The van der Waals surface area contributed by atoms with Gasteiger partial charge >= 0.3 is 18.0 Å². The van der Waals surface area contributed by atoms with Crippen LogP contribution >= 0.6 is 15.9 Å². The van der Waals surface area contributed by atoms with E-state index in [4.69, 9.17) is 5.73 Å². The number of hydrogen-bond donors (Lipinski definition) is 3. The number of amides is 4. The minimum absolute atomic E-state index is 0.177. The number of nitrogens with one attached hydrogen (secondary N) is 2. The van der Waals surface area contributed by atoms with E-state index in [9.17, 15) is 23.6 Å². The summed E-state index contributed by atoms with van der Waals surface area (Å²) in [5, 5.41) is 5.87. The van der Waals surface area contributed by atoms with Crippen molar-refractivity contribution in [1.82, 2.24) is 9.47 Å².